The number of carbonyl (C=O) groups is 1. The zero-order chi connectivity index (χ0) is 25.2. The molecule has 9 heteroatoms. The number of hydrogen-bond acceptors (Lipinski definition) is 5. The normalized spacial score (nSPS) is 14.9. The zero-order valence-corrected chi connectivity index (χ0v) is 21.9. The summed E-state index contributed by atoms with van der Waals surface area (Å²) in [6.45, 7) is 6.78. The Bertz CT molecular complexity index is 1380. The third-order valence-electron chi connectivity index (χ3n) is 6.62. The topological polar surface area (TPSA) is 67.2 Å². The van der Waals surface area contributed by atoms with E-state index < -0.39 is 0 Å². The highest BCUT2D eigenvalue weighted by Gasteiger charge is 2.27. The van der Waals surface area contributed by atoms with E-state index in [-0.39, 0.29) is 11.8 Å². The number of aromatic nitrogens is 4. The fourth-order valence-corrected chi connectivity index (χ4v) is 5.14. The number of rotatable bonds is 6. The van der Waals surface area contributed by atoms with Crippen LogP contribution in [0.25, 0.3) is 16.7 Å². The molecule has 1 atom stereocenters. The highest BCUT2D eigenvalue weighted by molar-refractivity contribution is 6.36. The molecule has 7 nitrogen and oxygen atoms in total. The summed E-state index contributed by atoms with van der Waals surface area (Å²) >= 11 is 12.3. The second kappa shape index (κ2) is 10.4. The average Bonchev–Trinajstić information content (AvgIpc) is 3.33. The molecular weight excluding hydrogens is 495 g/mol. The second-order valence-corrected chi connectivity index (χ2v) is 9.97. The predicted molar refractivity (Wildman–Crippen MR) is 145 cm³/mol. The molecule has 0 spiro atoms. The lowest BCUT2D eigenvalue weighted by Crippen LogP contribution is -2.49. The summed E-state index contributed by atoms with van der Waals surface area (Å²) in [6.07, 6.45) is 3.91. The Kier molecular flexibility index (Phi) is 7.12. The zero-order valence-electron chi connectivity index (χ0n) is 20.4. The number of anilines is 1. The van der Waals surface area contributed by atoms with Crippen LogP contribution < -0.4 is 4.90 Å². The van der Waals surface area contributed by atoms with Crippen LogP contribution in [0, 0.1) is 0 Å². The molecule has 4 aromatic rings. The fraction of sp³-hybridized carbons (Fsp3) is 0.333. The van der Waals surface area contributed by atoms with E-state index in [2.05, 4.69) is 23.8 Å². The van der Waals surface area contributed by atoms with Crippen LogP contribution in [-0.4, -0.2) is 56.7 Å². The van der Waals surface area contributed by atoms with Crippen LogP contribution >= 0.6 is 23.2 Å². The van der Waals surface area contributed by atoms with E-state index >= 15 is 0 Å². The van der Waals surface area contributed by atoms with Gasteiger partial charge in [-0.2, -0.15) is 5.10 Å². The van der Waals surface area contributed by atoms with Crippen molar-refractivity contribution in [3.05, 3.63) is 76.2 Å². The summed E-state index contributed by atoms with van der Waals surface area (Å²) < 4.78 is 1.88. The third kappa shape index (κ3) is 4.77. The van der Waals surface area contributed by atoms with Gasteiger partial charge in [0.25, 0.3) is 5.91 Å². The van der Waals surface area contributed by atoms with Gasteiger partial charge in [-0.3, -0.25) is 4.79 Å². The van der Waals surface area contributed by atoms with Crippen molar-refractivity contribution in [1.29, 1.82) is 0 Å². The van der Waals surface area contributed by atoms with Crippen molar-refractivity contribution in [2.75, 3.05) is 31.1 Å². The van der Waals surface area contributed by atoms with Crippen molar-refractivity contribution in [2.24, 2.45) is 0 Å². The molecule has 5 rings (SSSR count). The molecule has 0 unspecified atom stereocenters. The lowest BCUT2D eigenvalue weighted by atomic mass is 10.1. The molecule has 2 aromatic heterocycles. The van der Waals surface area contributed by atoms with Gasteiger partial charge in [-0.1, -0.05) is 61.7 Å². The van der Waals surface area contributed by atoms with Crippen molar-refractivity contribution in [2.45, 2.75) is 32.6 Å². The number of para-hydroxylation sites is 1. The summed E-state index contributed by atoms with van der Waals surface area (Å²) in [5.41, 5.74) is 2.23. The van der Waals surface area contributed by atoms with E-state index in [9.17, 15) is 4.79 Å². The smallest absolute Gasteiger partial charge is 0.255 e. The standard InChI is InChI=1S/C27H28Cl2N6O/c1-3-7-18(2)24-31-25(22-17-30-35(26(22)32-24)20-8-5-4-6-9-20)33-12-14-34(15-13-33)27(36)21-11-10-19(28)16-23(21)29/h4-6,8-11,16-18H,3,7,12-15H2,1-2H3/t18-/m0/s1. The van der Waals surface area contributed by atoms with Gasteiger partial charge in [0.05, 0.1) is 27.9 Å². The van der Waals surface area contributed by atoms with Crippen molar-refractivity contribution in [3.8, 4) is 5.69 Å². The maximum Gasteiger partial charge on any atom is 0.255 e. The maximum atomic E-state index is 13.1. The summed E-state index contributed by atoms with van der Waals surface area (Å²) in [6, 6.07) is 15.0. The van der Waals surface area contributed by atoms with Crippen LogP contribution in [0.15, 0.2) is 54.7 Å². The molecule has 36 heavy (non-hydrogen) atoms. The van der Waals surface area contributed by atoms with Crippen molar-refractivity contribution >= 4 is 46.0 Å². The van der Waals surface area contributed by atoms with Gasteiger partial charge in [-0.25, -0.2) is 14.6 Å². The van der Waals surface area contributed by atoms with Gasteiger partial charge in [-0.15, -0.1) is 0 Å². The highest BCUT2D eigenvalue weighted by atomic mass is 35.5. The fourth-order valence-electron chi connectivity index (χ4n) is 4.65. The summed E-state index contributed by atoms with van der Waals surface area (Å²) in [4.78, 5) is 27.1. The van der Waals surface area contributed by atoms with E-state index in [0.717, 1.165) is 41.2 Å². The van der Waals surface area contributed by atoms with Crippen LogP contribution in [-0.2, 0) is 0 Å². The largest absolute Gasteiger partial charge is 0.352 e. The first-order valence-corrected chi connectivity index (χ1v) is 13.0. The van der Waals surface area contributed by atoms with Gasteiger partial charge in [-0.05, 0) is 36.8 Å². The van der Waals surface area contributed by atoms with Crippen LogP contribution in [0.3, 0.4) is 0 Å². The van der Waals surface area contributed by atoms with Crippen LogP contribution in [0.5, 0.6) is 0 Å². The van der Waals surface area contributed by atoms with E-state index in [1.807, 2.05) is 46.1 Å². The Morgan fingerprint density at radius 3 is 2.47 bits per heavy atom. The first kappa shape index (κ1) is 24.5. The highest BCUT2D eigenvalue weighted by Crippen LogP contribution is 2.30. The Hall–Kier alpha value is -3.16. The molecule has 186 valence electrons. The summed E-state index contributed by atoms with van der Waals surface area (Å²) in [5, 5.41) is 6.46. The molecule has 1 saturated heterocycles. The minimum atomic E-state index is -0.0849. The minimum Gasteiger partial charge on any atom is -0.352 e. The Morgan fingerprint density at radius 1 is 1.03 bits per heavy atom. The molecule has 0 N–H and O–H groups in total. The molecule has 0 bridgehead atoms. The third-order valence-corrected chi connectivity index (χ3v) is 7.16. The number of hydrogen-bond donors (Lipinski definition) is 0. The monoisotopic (exact) mass is 522 g/mol. The van der Waals surface area contributed by atoms with Crippen LogP contribution in [0.1, 0.15) is 48.8 Å². The summed E-state index contributed by atoms with van der Waals surface area (Å²) in [5.74, 6) is 1.84. The number of benzene rings is 2. The van der Waals surface area contributed by atoms with E-state index in [1.54, 1.807) is 18.2 Å². The van der Waals surface area contributed by atoms with Crippen molar-refractivity contribution < 1.29 is 4.79 Å². The SMILES string of the molecule is CCC[C@H](C)c1nc(N2CCN(C(=O)c3ccc(Cl)cc3Cl)CC2)c2cnn(-c3ccccc3)c2n1. The van der Waals surface area contributed by atoms with Gasteiger partial charge in [0.15, 0.2) is 5.65 Å². The first-order valence-electron chi connectivity index (χ1n) is 12.3. The number of fused-ring (bicyclic) bond motifs is 1. The molecule has 1 aliphatic heterocycles. The lowest BCUT2D eigenvalue weighted by Gasteiger charge is -2.36. The van der Waals surface area contributed by atoms with Gasteiger partial charge < -0.3 is 9.80 Å². The van der Waals surface area contributed by atoms with E-state index in [1.165, 1.54) is 0 Å². The first-order chi connectivity index (χ1) is 17.5. The number of carbonyl (C=O) groups excluding carboxylic acids is 1. The quantitative estimate of drug-likeness (QED) is 0.311. The average molecular weight is 523 g/mol. The van der Waals surface area contributed by atoms with Crippen LogP contribution in [0.4, 0.5) is 5.82 Å². The molecule has 0 aliphatic carbocycles. The van der Waals surface area contributed by atoms with Gasteiger partial charge >= 0.3 is 0 Å². The molecule has 0 saturated carbocycles. The molecule has 1 fully saturated rings. The Balaban J connectivity index is 1.45. The number of piperazine rings is 1. The number of halogens is 2. The van der Waals surface area contributed by atoms with Crippen molar-refractivity contribution in [1.82, 2.24) is 24.6 Å². The Morgan fingerprint density at radius 2 is 1.78 bits per heavy atom. The molecule has 2 aromatic carbocycles. The predicted octanol–water partition coefficient (Wildman–Crippen LogP) is 5.99. The Labute approximate surface area is 220 Å². The van der Waals surface area contributed by atoms with E-state index in [0.29, 0.717) is 41.8 Å². The minimum absolute atomic E-state index is 0.0849. The maximum absolute atomic E-state index is 13.1. The second-order valence-electron chi connectivity index (χ2n) is 9.13. The van der Waals surface area contributed by atoms with Gasteiger partial charge in [0.1, 0.15) is 11.6 Å². The molecule has 1 aliphatic rings. The van der Waals surface area contributed by atoms with Gasteiger partial charge in [0.2, 0.25) is 0 Å². The van der Waals surface area contributed by atoms with E-state index in [4.69, 9.17) is 33.2 Å². The molecule has 1 amide bonds. The number of nitrogens with zero attached hydrogens (tertiary/aromatic N) is 6. The number of amides is 1. The molecule has 0 radical (unpaired) electrons. The molecular formula is C27H28Cl2N6O. The molecule has 3 heterocycles. The van der Waals surface area contributed by atoms with Gasteiger partial charge in [0, 0.05) is 37.1 Å². The van der Waals surface area contributed by atoms with Crippen molar-refractivity contribution in [3.63, 3.8) is 0 Å². The summed E-state index contributed by atoms with van der Waals surface area (Å²) in [7, 11) is 0. The van der Waals surface area contributed by atoms with Crippen LogP contribution in [0.2, 0.25) is 10.0 Å². The lowest BCUT2D eigenvalue weighted by molar-refractivity contribution is 0.0747.